The van der Waals surface area contributed by atoms with Crippen molar-refractivity contribution >= 4 is 0 Å². The number of ether oxygens (including phenoxy) is 1. The Labute approximate surface area is 106 Å². The predicted molar refractivity (Wildman–Crippen MR) is 59.4 cm³/mol. The molecule has 106 valence electrons. The SMILES string of the molecule is C=C1C[C@H](C(CC)OOOOOO)O[C@H]1C(C)C. The van der Waals surface area contributed by atoms with Gasteiger partial charge in [0, 0.05) is 0 Å². The summed E-state index contributed by atoms with van der Waals surface area (Å²) in [7, 11) is 0. The van der Waals surface area contributed by atoms with E-state index in [1.807, 2.05) is 6.92 Å². The van der Waals surface area contributed by atoms with Crippen LogP contribution in [-0.2, 0) is 29.8 Å². The van der Waals surface area contributed by atoms with Gasteiger partial charge in [-0.05, 0) is 44.5 Å². The van der Waals surface area contributed by atoms with E-state index in [0.29, 0.717) is 18.8 Å². The number of hydrogen-bond donors (Lipinski definition) is 1. The summed E-state index contributed by atoms with van der Waals surface area (Å²) in [6.07, 6.45) is 0.931. The standard InChI is InChI=1S/C11H20O7/c1-5-9(14-16-18-17-15-12)10-6-8(4)11(13-10)7(2)3/h7,9-12H,4-6H2,1-3H3/t9?,10-,11+/m1/s1. The normalized spacial score (nSPS) is 25.9. The Morgan fingerprint density at radius 1 is 1.39 bits per heavy atom. The van der Waals surface area contributed by atoms with E-state index in [0.717, 1.165) is 5.57 Å². The van der Waals surface area contributed by atoms with Crippen LogP contribution >= 0.6 is 0 Å². The molecule has 0 amide bonds. The van der Waals surface area contributed by atoms with Crippen molar-refractivity contribution < 1.29 is 35.0 Å². The summed E-state index contributed by atoms with van der Waals surface area (Å²) in [5.74, 6) is 0.364. The van der Waals surface area contributed by atoms with Crippen molar-refractivity contribution in [1.29, 1.82) is 0 Å². The topological polar surface area (TPSA) is 75.6 Å². The molecule has 0 radical (unpaired) electrons. The lowest BCUT2D eigenvalue weighted by Gasteiger charge is -2.21. The van der Waals surface area contributed by atoms with E-state index in [1.54, 1.807) is 0 Å². The Kier molecular flexibility index (Phi) is 6.72. The summed E-state index contributed by atoms with van der Waals surface area (Å²) < 4.78 is 5.86. The van der Waals surface area contributed by atoms with Gasteiger partial charge in [0.1, 0.15) is 6.10 Å². The predicted octanol–water partition coefficient (Wildman–Crippen LogP) is 2.35. The van der Waals surface area contributed by atoms with Crippen molar-refractivity contribution in [2.75, 3.05) is 0 Å². The maximum Gasteiger partial charge on any atom is 0.122 e. The molecule has 7 nitrogen and oxygen atoms in total. The summed E-state index contributed by atoms with van der Waals surface area (Å²) >= 11 is 0. The van der Waals surface area contributed by atoms with Crippen molar-refractivity contribution in [3.8, 4) is 0 Å². The summed E-state index contributed by atoms with van der Waals surface area (Å²) in [6.45, 7) is 10.1. The van der Waals surface area contributed by atoms with Crippen LogP contribution in [0.5, 0.6) is 0 Å². The first-order chi connectivity index (χ1) is 8.60. The smallest absolute Gasteiger partial charge is 0.122 e. The molecule has 1 aliphatic rings. The fraction of sp³-hybridized carbons (Fsp3) is 0.818. The van der Waals surface area contributed by atoms with Gasteiger partial charge in [0.05, 0.1) is 12.2 Å². The monoisotopic (exact) mass is 264 g/mol. The van der Waals surface area contributed by atoms with Crippen LogP contribution in [0.25, 0.3) is 0 Å². The molecule has 1 unspecified atom stereocenters. The zero-order valence-electron chi connectivity index (χ0n) is 10.8. The highest BCUT2D eigenvalue weighted by Crippen LogP contribution is 2.32. The second-order valence-electron chi connectivity index (χ2n) is 4.52. The Hall–Kier alpha value is -0.540. The zero-order valence-corrected chi connectivity index (χ0v) is 10.8. The lowest BCUT2D eigenvalue weighted by molar-refractivity contribution is -0.756. The minimum Gasteiger partial charge on any atom is -0.367 e. The average molecular weight is 264 g/mol. The van der Waals surface area contributed by atoms with Crippen molar-refractivity contribution in [3.63, 3.8) is 0 Å². The van der Waals surface area contributed by atoms with Crippen molar-refractivity contribution in [3.05, 3.63) is 12.2 Å². The first-order valence-corrected chi connectivity index (χ1v) is 5.90. The molecule has 1 aliphatic heterocycles. The van der Waals surface area contributed by atoms with Crippen LogP contribution in [0.1, 0.15) is 33.6 Å². The van der Waals surface area contributed by atoms with Crippen LogP contribution in [-0.4, -0.2) is 23.6 Å². The molecular formula is C11H20O7. The largest absolute Gasteiger partial charge is 0.367 e. The van der Waals surface area contributed by atoms with Gasteiger partial charge in [-0.3, -0.25) is 0 Å². The summed E-state index contributed by atoms with van der Waals surface area (Å²) in [4.78, 5) is 4.95. The Morgan fingerprint density at radius 2 is 2.11 bits per heavy atom. The summed E-state index contributed by atoms with van der Waals surface area (Å²) in [5.41, 5.74) is 1.05. The van der Waals surface area contributed by atoms with Gasteiger partial charge >= 0.3 is 0 Å². The highest BCUT2D eigenvalue weighted by Gasteiger charge is 2.36. The van der Waals surface area contributed by atoms with Gasteiger partial charge in [0.25, 0.3) is 0 Å². The minimum atomic E-state index is -0.326. The van der Waals surface area contributed by atoms with E-state index < -0.39 is 0 Å². The molecule has 1 fully saturated rings. The molecule has 0 aliphatic carbocycles. The molecule has 3 atom stereocenters. The van der Waals surface area contributed by atoms with E-state index in [2.05, 4.69) is 40.6 Å². The van der Waals surface area contributed by atoms with Crippen LogP contribution in [0, 0.1) is 5.92 Å². The van der Waals surface area contributed by atoms with Gasteiger partial charge in [-0.15, -0.1) is 0 Å². The fourth-order valence-electron chi connectivity index (χ4n) is 2.04. The molecule has 0 saturated carbocycles. The molecule has 1 rings (SSSR count). The van der Waals surface area contributed by atoms with Crippen LogP contribution in [0.4, 0.5) is 0 Å². The summed E-state index contributed by atoms with van der Waals surface area (Å²) in [6, 6.07) is 0. The van der Waals surface area contributed by atoms with Gasteiger partial charge in [-0.25, -0.2) is 5.26 Å². The first kappa shape index (κ1) is 15.5. The molecule has 1 saturated heterocycles. The third-order valence-corrected chi connectivity index (χ3v) is 2.86. The third kappa shape index (κ3) is 4.29. The Bertz CT molecular complexity index is 256. The lowest BCUT2D eigenvalue weighted by Crippen LogP contribution is -2.30. The fourth-order valence-corrected chi connectivity index (χ4v) is 2.04. The zero-order chi connectivity index (χ0) is 13.5. The quantitative estimate of drug-likeness (QED) is 0.312. The maximum absolute atomic E-state index is 7.81. The van der Waals surface area contributed by atoms with Gasteiger partial charge in [0.15, 0.2) is 0 Å². The molecule has 0 aromatic rings. The minimum absolute atomic E-state index is 0.0330. The number of hydrogen-bond acceptors (Lipinski definition) is 7. The van der Waals surface area contributed by atoms with Gasteiger partial charge in [-0.1, -0.05) is 27.4 Å². The van der Waals surface area contributed by atoms with Gasteiger partial charge in [-0.2, -0.15) is 4.89 Å². The molecule has 18 heavy (non-hydrogen) atoms. The van der Waals surface area contributed by atoms with E-state index >= 15 is 0 Å². The van der Waals surface area contributed by atoms with Crippen LogP contribution < -0.4 is 0 Å². The molecule has 0 aromatic carbocycles. The molecule has 1 N–H and O–H groups in total. The molecule has 0 spiro atoms. The first-order valence-electron chi connectivity index (χ1n) is 5.90. The molecule has 0 bridgehead atoms. The second kappa shape index (κ2) is 7.80. The van der Waals surface area contributed by atoms with Crippen LogP contribution in [0.15, 0.2) is 12.2 Å². The lowest BCUT2D eigenvalue weighted by atomic mass is 9.98. The maximum atomic E-state index is 7.81. The van der Waals surface area contributed by atoms with Crippen molar-refractivity contribution in [2.45, 2.75) is 51.9 Å². The molecule has 0 aromatic heterocycles. The van der Waals surface area contributed by atoms with Crippen molar-refractivity contribution in [2.24, 2.45) is 5.92 Å². The molecule has 1 heterocycles. The van der Waals surface area contributed by atoms with Crippen LogP contribution in [0.3, 0.4) is 0 Å². The number of rotatable bonds is 8. The highest BCUT2D eigenvalue weighted by atomic mass is 17.8. The highest BCUT2D eigenvalue weighted by molar-refractivity contribution is 5.11. The van der Waals surface area contributed by atoms with Gasteiger partial charge < -0.3 is 4.74 Å². The van der Waals surface area contributed by atoms with E-state index in [1.165, 1.54) is 0 Å². The Balaban J connectivity index is 2.39. The van der Waals surface area contributed by atoms with E-state index in [9.17, 15) is 0 Å². The molecule has 7 heteroatoms. The third-order valence-electron chi connectivity index (χ3n) is 2.86. The summed E-state index contributed by atoms with van der Waals surface area (Å²) in [5, 5.41) is 22.8. The second-order valence-corrected chi connectivity index (χ2v) is 4.52. The Morgan fingerprint density at radius 3 is 2.61 bits per heavy atom. The molecular weight excluding hydrogens is 244 g/mol. The van der Waals surface area contributed by atoms with Crippen LogP contribution in [0.2, 0.25) is 0 Å². The van der Waals surface area contributed by atoms with E-state index in [4.69, 9.17) is 14.9 Å². The average Bonchev–Trinajstić information content (AvgIpc) is 2.71. The van der Waals surface area contributed by atoms with Gasteiger partial charge in [0.2, 0.25) is 0 Å². The van der Waals surface area contributed by atoms with E-state index in [-0.39, 0.29) is 18.3 Å². The van der Waals surface area contributed by atoms with Crippen molar-refractivity contribution in [1.82, 2.24) is 0 Å².